The van der Waals surface area contributed by atoms with Crippen LogP contribution in [0.3, 0.4) is 0 Å². The zero-order chi connectivity index (χ0) is 9.47. The summed E-state index contributed by atoms with van der Waals surface area (Å²) in [6.07, 6.45) is 4.66. The summed E-state index contributed by atoms with van der Waals surface area (Å²) in [7, 11) is -1.06. The first kappa shape index (κ1) is 11.8. The van der Waals surface area contributed by atoms with E-state index in [1.54, 1.807) is 5.56 Å². The molecule has 69 valence electrons. The van der Waals surface area contributed by atoms with Crippen LogP contribution in [0.25, 0.3) is 6.08 Å². The maximum absolute atomic E-state index is 2.43. The molecule has 1 unspecified atom stereocenters. The van der Waals surface area contributed by atoms with Crippen molar-refractivity contribution in [2.45, 2.75) is 25.2 Å². The van der Waals surface area contributed by atoms with E-state index in [9.17, 15) is 0 Å². The van der Waals surface area contributed by atoms with Crippen molar-refractivity contribution in [1.82, 2.24) is 0 Å². The Hall–Kier alpha value is -0.226. The Morgan fingerprint density at radius 1 is 1.07 bits per heavy atom. The van der Waals surface area contributed by atoms with Gasteiger partial charge in [0.2, 0.25) is 0 Å². The Morgan fingerprint density at radius 2 is 1.71 bits per heavy atom. The molecule has 1 aromatic rings. The first-order valence-corrected chi connectivity index (χ1v) is 8.44. The van der Waals surface area contributed by atoms with Crippen LogP contribution in [0.15, 0.2) is 30.3 Å². The topological polar surface area (TPSA) is 0 Å². The molecule has 0 aliphatic heterocycles. The summed E-state index contributed by atoms with van der Waals surface area (Å²) in [6, 6.07) is 8.76. The van der Waals surface area contributed by atoms with Crippen molar-refractivity contribution in [2.24, 2.45) is 0 Å². The molecule has 0 aromatic heterocycles. The molecule has 0 saturated carbocycles. The predicted molar refractivity (Wildman–Crippen MR) is 67.3 cm³/mol. The van der Waals surface area contributed by atoms with Gasteiger partial charge in [-0.1, -0.05) is 56.1 Å². The molecule has 1 atom stereocenters. The molecule has 0 N–H and O–H groups in total. The molecule has 0 nitrogen and oxygen atoms in total. The van der Waals surface area contributed by atoms with Gasteiger partial charge in [-0.05, 0) is 16.7 Å². The summed E-state index contributed by atoms with van der Waals surface area (Å²) in [5.74, 6) is 0. The van der Waals surface area contributed by atoms with Crippen molar-refractivity contribution in [3.8, 4) is 0 Å². The van der Waals surface area contributed by atoms with E-state index in [1.807, 2.05) is 0 Å². The second-order valence-electron chi connectivity index (χ2n) is 4.83. The number of fused-ring (bicyclic) bond motifs is 1. The summed E-state index contributed by atoms with van der Waals surface area (Å²) in [5, 5.41) is 0. The third kappa shape index (κ3) is 2.06. The van der Waals surface area contributed by atoms with E-state index in [0.29, 0.717) is 0 Å². The van der Waals surface area contributed by atoms with E-state index in [-0.39, 0.29) is 18.9 Å². The molecule has 0 bridgehead atoms. The Kier molecular flexibility index (Phi) is 3.47. The molecule has 14 heavy (non-hydrogen) atoms. The maximum atomic E-state index is 2.43. The molecule has 2 heteroatoms. The fraction of sp³-hybridized carbons (Fsp3) is 0.333. The fourth-order valence-corrected chi connectivity index (χ4v) is 3.87. The number of rotatable bonds is 1. The zero-order valence-electron chi connectivity index (χ0n) is 9.54. The van der Waals surface area contributed by atoms with Crippen LogP contribution < -0.4 is 0 Å². The Bertz CT molecular complexity index is 350. The van der Waals surface area contributed by atoms with Crippen LogP contribution in [0.1, 0.15) is 16.7 Å². The third-order valence-corrected chi connectivity index (χ3v) is 5.10. The van der Waals surface area contributed by atoms with E-state index < -0.39 is 8.07 Å². The third-order valence-electron chi connectivity index (χ3n) is 2.73. The molecule has 1 aliphatic rings. The van der Waals surface area contributed by atoms with Crippen molar-refractivity contribution < 1.29 is 0 Å². The fourth-order valence-electron chi connectivity index (χ4n) is 2.00. The predicted octanol–water partition coefficient (Wildman–Crippen LogP) is 3.29. The average Bonchev–Trinajstić information content (AvgIpc) is 2.45. The van der Waals surface area contributed by atoms with Gasteiger partial charge in [0.05, 0.1) is 8.07 Å². The van der Waals surface area contributed by atoms with Crippen LogP contribution in [0.5, 0.6) is 0 Å². The first-order valence-electron chi connectivity index (χ1n) is 4.86. The minimum absolute atomic E-state index is 0. The van der Waals surface area contributed by atoms with Crippen molar-refractivity contribution in [2.75, 3.05) is 0 Å². The summed E-state index contributed by atoms with van der Waals surface area (Å²) >= 11 is 0. The van der Waals surface area contributed by atoms with Gasteiger partial charge < -0.3 is 0 Å². The molecule has 0 heterocycles. The average molecular weight is 195 g/mol. The molecule has 0 fully saturated rings. The number of hydrogen-bond donors (Lipinski definition) is 0. The van der Waals surface area contributed by atoms with Crippen LogP contribution in [0.2, 0.25) is 19.6 Å². The quantitative estimate of drug-likeness (QED) is 0.603. The van der Waals surface area contributed by atoms with E-state index in [0.717, 1.165) is 5.54 Å². The van der Waals surface area contributed by atoms with Crippen LogP contribution >= 0.6 is 0 Å². The van der Waals surface area contributed by atoms with Gasteiger partial charge in [0.1, 0.15) is 0 Å². The summed E-state index contributed by atoms with van der Waals surface area (Å²) in [6.45, 7) is 7.30. The van der Waals surface area contributed by atoms with Crippen molar-refractivity contribution in [1.29, 1.82) is 0 Å². The van der Waals surface area contributed by atoms with Crippen LogP contribution in [0.4, 0.5) is 0 Å². The maximum Gasteiger partial charge on any atom is 0.0566 e. The van der Waals surface area contributed by atoms with Gasteiger partial charge in [0.25, 0.3) is 0 Å². The second kappa shape index (κ2) is 4.10. The normalized spacial score (nSPS) is 18.9. The van der Waals surface area contributed by atoms with E-state index in [4.69, 9.17) is 0 Å². The Morgan fingerprint density at radius 3 is 2.36 bits per heavy atom. The van der Waals surface area contributed by atoms with E-state index >= 15 is 0 Å². The summed E-state index contributed by atoms with van der Waals surface area (Å²) in [5.41, 5.74) is 3.69. The van der Waals surface area contributed by atoms with E-state index in [2.05, 4.69) is 56.1 Å². The number of allylic oxidation sites excluding steroid dienone is 1. The number of benzene rings is 1. The van der Waals surface area contributed by atoms with Crippen LogP contribution in [-0.2, 0) is 0 Å². The zero-order valence-corrected chi connectivity index (χ0v) is 10.5. The molecule has 1 aliphatic carbocycles. The van der Waals surface area contributed by atoms with Crippen LogP contribution in [-0.4, -0.2) is 26.9 Å². The molecule has 0 amide bonds. The van der Waals surface area contributed by atoms with Gasteiger partial charge in [0, 0.05) is 18.9 Å². The minimum Gasteiger partial charge on any atom is -0.0791 e. The van der Waals surface area contributed by atoms with Crippen molar-refractivity contribution in [3.05, 3.63) is 41.5 Å². The van der Waals surface area contributed by atoms with Gasteiger partial charge in [0.15, 0.2) is 0 Å². The van der Waals surface area contributed by atoms with E-state index in [1.165, 1.54) is 5.56 Å². The van der Waals surface area contributed by atoms with Gasteiger partial charge in [-0.2, -0.15) is 0 Å². The second-order valence-corrected chi connectivity index (χ2v) is 10.2. The number of hydrogen-bond acceptors (Lipinski definition) is 0. The van der Waals surface area contributed by atoms with Crippen molar-refractivity contribution in [3.63, 3.8) is 0 Å². The van der Waals surface area contributed by atoms with Gasteiger partial charge in [-0.3, -0.25) is 0 Å². The van der Waals surface area contributed by atoms with Gasteiger partial charge >= 0.3 is 0 Å². The summed E-state index contributed by atoms with van der Waals surface area (Å²) in [4.78, 5) is 0. The standard InChI is InChI=1S/C12H16Si.Li/c1-13(2,3)12-9-8-10-6-4-5-7-11(10)12;/h4-9,12H,1-3H3;. The van der Waals surface area contributed by atoms with Gasteiger partial charge in [-0.15, -0.1) is 0 Å². The molecular formula is C12H16LiSi. The molecule has 0 saturated heterocycles. The Labute approximate surface area is 99.6 Å². The largest absolute Gasteiger partial charge is 0.0791 e. The van der Waals surface area contributed by atoms with Crippen LogP contribution in [0, 0.1) is 0 Å². The Balaban J connectivity index is 0.000000980. The van der Waals surface area contributed by atoms with Gasteiger partial charge in [-0.25, -0.2) is 0 Å². The SMILES string of the molecule is C[Si](C)(C)C1C=Cc2ccccc21.[Li]. The molecule has 1 radical (unpaired) electrons. The monoisotopic (exact) mass is 195 g/mol. The first-order chi connectivity index (χ1) is 6.09. The molecular weight excluding hydrogens is 179 g/mol. The smallest absolute Gasteiger partial charge is 0.0566 e. The van der Waals surface area contributed by atoms with Crippen molar-refractivity contribution >= 4 is 33.0 Å². The minimum atomic E-state index is -1.06. The summed E-state index contributed by atoms with van der Waals surface area (Å²) < 4.78 is 0. The molecule has 1 aromatic carbocycles. The molecule has 0 spiro atoms. The molecule has 2 rings (SSSR count).